The Morgan fingerprint density at radius 1 is 1.22 bits per heavy atom. The summed E-state index contributed by atoms with van der Waals surface area (Å²) in [6.45, 7) is 8.82. The van der Waals surface area contributed by atoms with E-state index in [0.29, 0.717) is 18.9 Å². The van der Waals surface area contributed by atoms with Crippen LogP contribution in [-0.4, -0.2) is 33.8 Å². The summed E-state index contributed by atoms with van der Waals surface area (Å²) < 4.78 is 26.4. The normalized spacial score (nSPS) is 18.2. The highest BCUT2D eigenvalue weighted by molar-refractivity contribution is 7.89. The molecule has 0 aromatic carbocycles. The lowest BCUT2D eigenvalue weighted by Crippen LogP contribution is -2.34. The molecular weight excluding hydrogens is 248 g/mol. The van der Waals surface area contributed by atoms with Gasteiger partial charge in [0.05, 0.1) is 5.75 Å². The largest absolute Gasteiger partial charge is 0.317 e. The van der Waals surface area contributed by atoms with Crippen molar-refractivity contribution in [2.24, 2.45) is 11.3 Å². The third-order valence-corrected chi connectivity index (χ3v) is 5.36. The highest BCUT2D eigenvalue weighted by Gasteiger charge is 2.45. The Balaban J connectivity index is 2.20. The predicted octanol–water partition coefficient (Wildman–Crippen LogP) is 1.73. The van der Waals surface area contributed by atoms with E-state index in [4.69, 9.17) is 0 Å². The molecule has 0 unspecified atom stereocenters. The van der Waals surface area contributed by atoms with Crippen LogP contribution < -0.4 is 10.0 Å². The van der Waals surface area contributed by atoms with Crippen LogP contribution in [-0.2, 0) is 10.0 Å². The van der Waals surface area contributed by atoms with Crippen molar-refractivity contribution in [2.45, 2.75) is 46.5 Å². The van der Waals surface area contributed by atoms with Crippen LogP contribution in [0.2, 0.25) is 0 Å². The average molecular weight is 276 g/mol. The fraction of sp³-hybridized carbons (Fsp3) is 1.00. The maximum atomic E-state index is 11.8. The van der Waals surface area contributed by atoms with Gasteiger partial charge in [-0.2, -0.15) is 0 Å². The first-order chi connectivity index (χ1) is 8.42. The number of rotatable bonds is 10. The molecule has 0 spiro atoms. The smallest absolute Gasteiger partial charge is 0.211 e. The van der Waals surface area contributed by atoms with Gasteiger partial charge in [-0.3, -0.25) is 0 Å². The van der Waals surface area contributed by atoms with E-state index >= 15 is 0 Å². The van der Waals surface area contributed by atoms with Gasteiger partial charge in [-0.25, -0.2) is 13.1 Å². The number of hydrogen-bond donors (Lipinski definition) is 2. The first kappa shape index (κ1) is 15.9. The van der Waals surface area contributed by atoms with Crippen molar-refractivity contribution in [3.63, 3.8) is 0 Å². The molecule has 1 fully saturated rings. The van der Waals surface area contributed by atoms with E-state index in [2.05, 4.69) is 30.8 Å². The second-order valence-electron chi connectivity index (χ2n) is 5.76. The van der Waals surface area contributed by atoms with Gasteiger partial charge in [-0.1, -0.05) is 20.8 Å². The molecule has 0 saturated heterocycles. The minimum atomic E-state index is -3.09. The molecule has 5 heteroatoms. The number of hydrogen-bond acceptors (Lipinski definition) is 3. The molecule has 1 aliphatic rings. The van der Waals surface area contributed by atoms with Gasteiger partial charge >= 0.3 is 0 Å². The summed E-state index contributed by atoms with van der Waals surface area (Å²) in [6, 6.07) is 0. The molecule has 0 bridgehead atoms. The zero-order valence-electron chi connectivity index (χ0n) is 12.0. The van der Waals surface area contributed by atoms with Gasteiger partial charge in [0.2, 0.25) is 10.0 Å². The van der Waals surface area contributed by atoms with Crippen LogP contribution in [0.1, 0.15) is 46.5 Å². The highest BCUT2D eigenvalue weighted by Crippen LogP contribution is 2.51. The van der Waals surface area contributed by atoms with Crippen LogP contribution >= 0.6 is 0 Å². The molecule has 18 heavy (non-hydrogen) atoms. The van der Waals surface area contributed by atoms with Gasteiger partial charge in [-0.05, 0) is 50.1 Å². The Bertz CT molecular complexity index is 335. The second kappa shape index (κ2) is 6.87. The predicted molar refractivity (Wildman–Crippen MR) is 76.1 cm³/mol. The third-order valence-electron chi connectivity index (χ3n) is 3.95. The minimum absolute atomic E-state index is 0.234. The van der Waals surface area contributed by atoms with E-state index < -0.39 is 10.0 Å². The molecule has 0 amide bonds. The standard InChI is InChI=1S/C13H28N2O2S/c1-4-8-14-9-5-10-18(16,17)15-11-13(6-7-13)12(2)3/h12,14-15H,4-11H2,1-3H3. The molecule has 0 heterocycles. The summed E-state index contributed by atoms with van der Waals surface area (Å²) in [7, 11) is -3.09. The molecule has 4 nitrogen and oxygen atoms in total. The summed E-state index contributed by atoms with van der Waals surface area (Å²) in [6.07, 6.45) is 4.09. The van der Waals surface area contributed by atoms with E-state index in [-0.39, 0.29) is 11.2 Å². The summed E-state index contributed by atoms with van der Waals surface area (Å²) in [4.78, 5) is 0. The Morgan fingerprint density at radius 3 is 2.39 bits per heavy atom. The molecule has 0 aliphatic heterocycles. The number of sulfonamides is 1. The van der Waals surface area contributed by atoms with Crippen molar-refractivity contribution < 1.29 is 8.42 Å². The lowest BCUT2D eigenvalue weighted by Gasteiger charge is -2.20. The summed E-state index contributed by atoms with van der Waals surface area (Å²) >= 11 is 0. The van der Waals surface area contributed by atoms with Crippen molar-refractivity contribution in [1.29, 1.82) is 0 Å². The zero-order chi connectivity index (χ0) is 13.6. The molecule has 0 aromatic heterocycles. The summed E-state index contributed by atoms with van der Waals surface area (Å²) in [5.41, 5.74) is 0.244. The van der Waals surface area contributed by atoms with E-state index in [1.54, 1.807) is 0 Å². The van der Waals surface area contributed by atoms with Gasteiger partial charge in [0.1, 0.15) is 0 Å². The van der Waals surface area contributed by atoms with Crippen molar-refractivity contribution >= 4 is 10.0 Å². The van der Waals surface area contributed by atoms with Crippen LogP contribution in [0.25, 0.3) is 0 Å². The lowest BCUT2D eigenvalue weighted by atomic mass is 9.93. The quantitative estimate of drug-likeness (QED) is 0.598. The third kappa shape index (κ3) is 5.24. The van der Waals surface area contributed by atoms with Gasteiger partial charge in [0.25, 0.3) is 0 Å². The van der Waals surface area contributed by atoms with E-state index in [9.17, 15) is 8.42 Å². The highest BCUT2D eigenvalue weighted by atomic mass is 32.2. The van der Waals surface area contributed by atoms with Crippen LogP contribution in [0.5, 0.6) is 0 Å². The Labute approximate surface area is 112 Å². The maximum Gasteiger partial charge on any atom is 0.211 e. The monoisotopic (exact) mass is 276 g/mol. The van der Waals surface area contributed by atoms with E-state index in [1.165, 1.54) is 0 Å². The van der Waals surface area contributed by atoms with Crippen molar-refractivity contribution in [3.05, 3.63) is 0 Å². The Hall–Kier alpha value is -0.130. The van der Waals surface area contributed by atoms with Crippen LogP contribution in [0.15, 0.2) is 0 Å². The summed E-state index contributed by atoms with van der Waals surface area (Å²) in [5.74, 6) is 0.796. The molecule has 0 aromatic rings. The molecule has 1 aliphatic carbocycles. The fourth-order valence-electron chi connectivity index (χ4n) is 2.13. The molecular formula is C13H28N2O2S. The maximum absolute atomic E-state index is 11.8. The van der Waals surface area contributed by atoms with Gasteiger partial charge < -0.3 is 5.32 Å². The molecule has 1 rings (SSSR count). The topological polar surface area (TPSA) is 58.2 Å². The first-order valence-electron chi connectivity index (χ1n) is 7.10. The van der Waals surface area contributed by atoms with Crippen molar-refractivity contribution in [1.82, 2.24) is 10.0 Å². The Kier molecular flexibility index (Phi) is 6.08. The van der Waals surface area contributed by atoms with E-state index in [0.717, 1.165) is 32.4 Å². The molecule has 1 saturated carbocycles. The average Bonchev–Trinajstić information content (AvgIpc) is 3.07. The van der Waals surface area contributed by atoms with Crippen LogP contribution in [0, 0.1) is 11.3 Å². The minimum Gasteiger partial charge on any atom is -0.317 e. The Morgan fingerprint density at radius 2 is 1.89 bits per heavy atom. The lowest BCUT2D eigenvalue weighted by molar-refractivity contribution is 0.357. The SMILES string of the molecule is CCCNCCCS(=O)(=O)NCC1(C(C)C)CC1. The van der Waals surface area contributed by atoms with Crippen LogP contribution in [0.4, 0.5) is 0 Å². The van der Waals surface area contributed by atoms with Gasteiger partial charge in [-0.15, -0.1) is 0 Å². The fourth-order valence-corrected chi connectivity index (χ4v) is 3.31. The first-order valence-corrected chi connectivity index (χ1v) is 8.75. The second-order valence-corrected chi connectivity index (χ2v) is 7.69. The zero-order valence-corrected chi connectivity index (χ0v) is 12.8. The van der Waals surface area contributed by atoms with Crippen molar-refractivity contribution in [2.75, 3.05) is 25.4 Å². The van der Waals surface area contributed by atoms with E-state index in [1.807, 2.05) is 0 Å². The van der Waals surface area contributed by atoms with Gasteiger partial charge in [0, 0.05) is 6.54 Å². The number of nitrogens with one attached hydrogen (secondary N) is 2. The van der Waals surface area contributed by atoms with Gasteiger partial charge in [0.15, 0.2) is 0 Å². The molecule has 108 valence electrons. The molecule has 2 N–H and O–H groups in total. The van der Waals surface area contributed by atoms with Crippen molar-refractivity contribution in [3.8, 4) is 0 Å². The molecule has 0 radical (unpaired) electrons. The van der Waals surface area contributed by atoms with Crippen LogP contribution in [0.3, 0.4) is 0 Å². The summed E-state index contributed by atoms with van der Waals surface area (Å²) in [5, 5.41) is 3.22. The molecule has 0 atom stereocenters.